The van der Waals surface area contributed by atoms with Gasteiger partial charge in [-0.3, -0.25) is 4.79 Å². The van der Waals surface area contributed by atoms with Crippen LogP contribution in [0.5, 0.6) is 0 Å². The largest absolute Gasteiger partial charge is 0.395 e. The summed E-state index contributed by atoms with van der Waals surface area (Å²) in [5, 5.41) is 12.4. The van der Waals surface area contributed by atoms with Crippen molar-refractivity contribution in [2.75, 3.05) is 19.7 Å². The van der Waals surface area contributed by atoms with E-state index in [4.69, 9.17) is 5.11 Å². The van der Waals surface area contributed by atoms with E-state index in [1.54, 1.807) is 11.0 Å². The second-order valence-corrected chi connectivity index (χ2v) is 5.19. The number of aliphatic hydroxyl groups is 1. The first-order valence-corrected chi connectivity index (χ1v) is 7.26. The van der Waals surface area contributed by atoms with Crippen molar-refractivity contribution >= 4 is 27.6 Å². The van der Waals surface area contributed by atoms with Gasteiger partial charge in [-0.2, -0.15) is 0 Å². The van der Waals surface area contributed by atoms with Crippen LogP contribution in [0.25, 0.3) is 21.7 Å². The fourth-order valence-electron chi connectivity index (χ4n) is 2.72. The minimum Gasteiger partial charge on any atom is -0.395 e. The number of nitrogens with zero attached hydrogens (tertiary/aromatic N) is 1. The van der Waals surface area contributed by atoms with Gasteiger partial charge in [-0.25, -0.2) is 0 Å². The number of carbonyl (C=O) groups is 1. The maximum atomic E-state index is 12.6. The quantitative estimate of drug-likeness (QED) is 0.711. The zero-order valence-electron chi connectivity index (χ0n) is 12.2. The number of H-pyrrole nitrogens is 1. The van der Waals surface area contributed by atoms with Crippen LogP contribution in [0.4, 0.5) is 0 Å². The minimum absolute atomic E-state index is 0.0667. The molecule has 0 bridgehead atoms. The average molecular weight is 294 g/mol. The first-order chi connectivity index (χ1) is 10.7. The first-order valence-electron chi connectivity index (χ1n) is 7.26. The fourth-order valence-corrected chi connectivity index (χ4v) is 2.72. The molecule has 1 aromatic heterocycles. The summed E-state index contributed by atoms with van der Waals surface area (Å²) >= 11 is 0. The second kappa shape index (κ2) is 6.03. The lowest BCUT2D eigenvalue weighted by molar-refractivity contribution is 0.0738. The third kappa shape index (κ3) is 2.49. The first kappa shape index (κ1) is 14.4. The molecule has 3 aromatic rings. The van der Waals surface area contributed by atoms with Gasteiger partial charge in [-0.15, -0.1) is 6.58 Å². The van der Waals surface area contributed by atoms with Crippen LogP contribution in [0, 0.1) is 0 Å². The molecular weight excluding hydrogens is 276 g/mol. The highest BCUT2D eigenvalue weighted by Gasteiger charge is 2.17. The maximum absolute atomic E-state index is 12.6. The van der Waals surface area contributed by atoms with Crippen LogP contribution in [0.15, 0.2) is 55.1 Å². The molecule has 1 heterocycles. The van der Waals surface area contributed by atoms with Crippen molar-refractivity contribution in [3.63, 3.8) is 0 Å². The number of fused-ring (bicyclic) bond motifs is 3. The molecule has 0 saturated heterocycles. The van der Waals surface area contributed by atoms with Crippen molar-refractivity contribution in [3.8, 4) is 0 Å². The number of rotatable bonds is 5. The number of aliphatic hydroxyl groups excluding tert-OH is 1. The Labute approximate surface area is 128 Å². The summed E-state index contributed by atoms with van der Waals surface area (Å²) in [5.74, 6) is -0.130. The van der Waals surface area contributed by atoms with Crippen molar-refractivity contribution in [1.29, 1.82) is 0 Å². The third-order valence-electron chi connectivity index (χ3n) is 3.77. The highest BCUT2D eigenvalue weighted by Crippen LogP contribution is 2.26. The van der Waals surface area contributed by atoms with Gasteiger partial charge in [0.25, 0.3) is 5.91 Å². The van der Waals surface area contributed by atoms with Crippen molar-refractivity contribution in [1.82, 2.24) is 9.88 Å². The molecular formula is C18H18N2O2. The summed E-state index contributed by atoms with van der Waals surface area (Å²) in [4.78, 5) is 17.3. The van der Waals surface area contributed by atoms with Gasteiger partial charge in [0.15, 0.2) is 0 Å². The Morgan fingerprint density at radius 1 is 1.23 bits per heavy atom. The van der Waals surface area contributed by atoms with Gasteiger partial charge in [0, 0.05) is 24.0 Å². The molecule has 0 atom stereocenters. The fraction of sp³-hybridized carbons (Fsp3) is 0.167. The van der Waals surface area contributed by atoms with E-state index in [1.807, 2.05) is 30.3 Å². The molecule has 22 heavy (non-hydrogen) atoms. The lowest BCUT2D eigenvalue weighted by Crippen LogP contribution is -2.33. The zero-order valence-corrected chi connectivity index (χ0v) is 12.2. The molecule has 0 aliphatic carbocycles. The number of benzene rings is 2. The molecule has 112 valence electrons. The summed E-state index contributed by atoms with van der Waals surface area (Å²) in [5.41, 5.74) is 1.46. The lowest BCUT2D eigenvalue weighted by Gasteiger charge is -2.18. The molecule has 0 radical (unpaired) electrons. The summed E-state index contributed by atoms with van der Waals surface area (Å²) in [6, 6.07) is 14.0. The van der Waals surface area contributed by atoms with E-state index in [0.29, 0.717) is 18.8 Å². The highest BCUT2D eigenvalue weighted by molar-refractivity contribution is 6.09. The van der Waals surface area contributed by atoms with Crippen molar-refractivity contribution in [3.05, 3.63) is 60.8 Å². The van der Waals surface area contributed by atoms with E-state index in [9.17, 15) is 4.79 Å². The van der Waals surface area contributed by atoms with Gasteiger partial charge in [-0.05, 0) is 22.9 Å². The second-order valence-electron chi connectivity index (χ2n) is 5.19. The molecule has 0 unspecified atom stereocenters. The van der Waals surface area contributed by atoms with Gasteiger partial charge in [0.05, 0.1) is 6.61 Å². The van der Waals surface area contributed by atoms with Crippen LogP contribution in [0.3, 0.4) is 0 Å². The maximum Gasteiger partial charge on any atom is 0.270 e. The Kier molecular flexibility index (Phi) is 3.94. The molecule has 4 nitrogen and oxygen atoms in total. The standard InChI is InChI=1S/C18H18N2O2/c1-2-9-20(10-11-21)18(22)17-12-15-14-6-4-3-5-13(14)7-8-16(15)19-17/h2-8,12,19,21H,1,9-11H2. The van der Waals surface area contributed by atoms with E-state index in [0.717, 1.165) is 21.7 Å². The van der Waals surface area contributed by atoms with Crippen LogP contribution >= 0.6 is 0 Å². The summed E-state index contributed by atoms with van der Waals surface area (Å²) in [6.45, 7) is 4.29. The van der Waals surface area contributed by atoms with Gasteiger partial charge < -0.3 is 15.0 Å². The smallest absolute Gasteiger partial charge is 0.270 e. The van der Waals surface area contributed by atoms with Gasteiger partial charge in [-0.1, -0.05) is 36.4 Å². The molecule has 0 spiro atoms. The molecule has 0 fully saturated rings. The number of aromatic nitrogens is 1. The number of nitrogens with one attached hydrogen (secondary N) is 1. The molecule has 0 aliphatic heterocycles. The minimum atomic E-state index is -0.130. The predicted molar refractivity (Wildman–Crippen MR) is 89.0 cm³/mol. The van der Waals surface area contributed by atoms with Crippen LogP contribution in [0.1, 0.15) is 10.5 Å². The van der Waals surface area contributed by atoms with Gasteiger partial charge in [0.2, 0.25) is 0 Å². The van der Waals surface area contributed by atoms with E-state index in [2.05, 4.69) is 23.7 Å². The SMILES string of the molecule is C=CCN(CCO)C(=O)c1cc2c(ccc3ccccc32)[nH]1. The van der Waals surface area contributed by atoms with Crippen LogP contribution < -0.4 is 0 Å². The molecule has 1 amide bonds. The predicted octanol–water partition coefficient (Wildman–Crippen LogP) is 2.94. The summed E-state index contributed by atoms with van der Waals surface area (Å²) in [7, 11) is 0. The molecule has 0 saturated carbocycles. The van der Waals surface area contributed by atoms with E-state index >= 15 is 0 Å². The Bertz CT molecular complexity index is 835. The highest BCUT2D eigenvalue weighted by atomic mass is 16.3. The summed E-state index contributed by atoms with van der Waals surface area (Å²) < 4.78 is 0. The average Bonchev–Trinajstić information content (AvgIpc) is 2.98. The molecule has 2 N–H and O–H groups in total. The normalized spacial score (nSPS) is 11.0. The number of amides is 1. The molecule has 2 aromatic carbocycles. The number of carbonyl (C=O) groups excluding carboxylic acids is 1. The van der Waals surface area contributed by atoms with Crippen molar-refractivity contribution in [2.24, 2.45) is 0 Å². The van der Waals surface area contributed by atoms with E-state index < -0.39 is 0 Å². The lowest BCUT2D eigenvalue weighted by atomic mass is 10.1. The molecule has 3 rings (SSSR count). The Morgan fingerprint density at radius 2 is 2.05 bits per heavy atom. The van der Waals surface area contributed by atoms with Crippen LogP contribution in [-0.4, -0.2) is 40.6 Å². The number of hydrogen-bond donors (Lipinski definition) is 2. The Morgan fingerprint density at radius 3 is 2.82 bits per heavy atom. The molecule has 0 aliphatic rings. The molecule has 4 heteroatoms. The van der Waals surface area contributed by atoms with Crippen molar-refractivity contribution in [2.45, 2.75) is 0 Å². The Balaban J connectivity index is 2.06. The summed E-state index contributed by atoms with van der Waals surface area (Å²) in [6.07, 6.45) is 1.66. The topological polar surface area (TPSA) is 56.3 Å². The number of aromatic amines is 1. The monoisotopic (exact) mass is 294 g/mol. The van der Waals surface area contributed by atoms with Gasteiger partial charge >= 0.3 is 0 Å². The van der Waals surface area contributed by atoms with E-state index in [-0.39, 0.29) is 12.5 Å². The van der Waals surface area contributed by atoms with Crippen molar-refractivity contribution < 1.29 is 9.90 Å². The van der Waals surface area contributed by atoms with E-state index in [1.165, 1.54) is 0 Å². The zero-order chi connectivity index (χ0) is 15.5. The van der Waals surface area contributed by atoms with Gasteiger partial charge in [0.1, 0.15) is 5.69 Å². The van der Waals surface area contributed by atoms with Crippen LogP contribution in [-0.2, 0) is 0 Å². The third-order valence-corrected chi connectivity index (χ3v) is 3.77. The number of hydrogen-bond acceptors (Lipinski definition) is 2. The van der Waals surface area contributed by atoms with Crippen LogP contribution in [0.2, 0.25) is 0 Å². The Hall–Kier alpha value is -2.59.